The van der Waals surface area contributed by atoms with Crippen LogP contribution in [0.4, 0.5) is 0 Å². The summed E-state index contributed by atoms with van der Waals surface area (Å²) >= 11 is 0. The van der Waals surface area contributed by atoms with Gasteiger partial charge in [-0.1, -0.05) is 32.9 Å². The van der Waals surface area contributed by atoms with Gasteiger partial charge in [0.1, 0.15) is 5.75 Å². The molecule has 0 radical (unpaired) electrons. The number of hydrogen-bond donors (Lipinski definition) is 1. The van der Waals surface area contributed by atoms with E-state index in [1.807, 2.05) is 31.2 Å². The van der Waals surface area contributed by atoms with Crippen LogP contribution in [0.3, 0.4) is 0 Å². The van der Waals surface area contributed by atoms with Crippen molar-refractivity contribution in [2.24, 2.45) is 5.41 Å². The van der Waals surface area contributed by atoms with E-state index in [9.17, 15) is 4.79 Å². The van der Waals surface area contributed by atoms with Crippen molar-refractivity contribution in [1.29, 1.82) is 0 Å². The van der Waals surface area contributed by atoms with Crippen molar-refractivity contribution in [3.63, 3.8) is 0 Å². The van der Waals surface area contributed by atoms with Crippen molar-refractivity contribution in [2.45, 2.75) is 46.7 Å². The van der Waals surface area contributed by atoms with Crippen LogP contribution in [0.5, 0.6) is 5.75 Å². The zero-order chi connectivity index (χ0) is 15.9. The Bertz CT molecular complexity index is 452. The number of nitrogens with one attached hydrogen (secondary N) is 1. The van der Waals surface area contributed by atoms with E-state index in [0.29, 0.717) is 19.6 Å². The largest absolute Gasteiger partial charge is 0.497 e. The zero-order valence-corrected chi connectivity index (χ0v) is 13.7. The number of esters is 1. The summed E-state index contributed by atoms with van der Waals surface area (Å²) in [6, 6.07) is 7.98. The third-order valence-electron chi connectivity index (χ3n) is 3.41. The molecule has 118 valence electrons. The van der Waals surface area contributed by atoms with E-state index >= 15 is 0 Å². The second kappa shape index (κ2) is 8.03. The number of ether oxygens (including phenoxy) is 2. The average molecular weight is 293 g/mol. The highest BCUT2D eigenvalue weighted by molar-refractivity contribution is 5.70. The summed E-state index contributed by atoms with van der Waals surface area (Å²) in [4.78, 5) is 11.7. The summed E-state index contributed by atoms with van der Waals surface area (Å²) < 4.78 is 10.3. The van der Waals surface area contributed by atoms with Crippen LogP contribution in [-0.4, -0.2) is 25.7 Å². The summed E-state index contributed by atoms with van der Waals surface area (Å²) in [6.07, 6.45) is 0.376. The van der Waals surface area contributed by atoms with E-state index in [1.165, 1.54) is 0 Å². The predicted molar refractivity (Wildman–Crippen MR) is 84.3 cm³/mol. The number of hydrogen-bond acceptors (Lipinski definition) is 4. The fourth-order valence-electron chi connectivity index (χ4n) is 2.09. The molecule has 4 nitrogen and oxygen atoms in total. The van der Waals surface area contributed by atoms with Gasteiger partial charge < -0.3 is 14.8 Å². The zero-order valence-electron chi connectivity index (χ0n) is 13.7. The molecule has 1 unspecified atom stereocenters. The van der Waals surface area contributed by atoms with Crippen LogP contribution in [0.1, 0.15) is 39.7 Å². The second-order valence-corrected chi connectivity index (χ2v) is 6.16. The molecule has 1 N–H and O–H groups in total. The van der Waals surface area contributed by atoms with Gasteiger partial charge in [-0.25, -0.2) is 0 Å². The maximum absolute atomic E-state index is 11.7. The van der Waals surface area contributed by atoms with Gasteiger partial charge in [-0.2, -0.15) is 0 Å². The molecule has 0 bridgehead atoms. The molecule has 0 saturated carbocycles. The number of benzene rings is 1. The molecular formula is C17H27NO3. The first-order chi connectivity index (χ1) is 9.86. The molecule has 0 heterocycles. The first kappa shape index (κ1) is 17.5. The molecule has 0 aliphatic heterocycles. The molecule has 0 amide bonds. The lowest BCUT2D eigenvalue weighted by atomic mass is 9.84. The lowest BCUT2D eigenvalue weighted by Gasteiger charge is -2.31. The fraction of sp³-hybridized carbons (Fsp3) is 0.588. The van der Waals surface area contributed by atoms with E-state index in [1.54, 1.807) is 7.11 Å². The molecule has 0 aliphatic rings. The topological polar surface area (TPSA) is 47.6 Å². The number of rotatable bonds is 7. The Balaban J connectivity index is 2.66. The Morgan fingerprint density at radius 2 is 2.05 bits per heavy atom. The van der Waals surface area contributed by atoms with Gasteiger partial charge in [-0.15, -0.1) is 0 Å². The molecule has 0 aromatic heterocycles. The predicted octanol–water partition coefficient (Wildman–Crippen LogP) is 3.15. The van der Waals surface area contributed by atoms with Gasteiger partial charge in [-0.3, -0.25) is 4.79 Å². The average Bonchev–Trinajstić information content (AvgIpc) is 2.42. The second-order valence-electron chi connectivity index (χ2n) is 6.16. The third kappa shape index (κ3) is 6.17. The number of carbonyl (C=O) groups is 1. The van der Waals surface area contributed by atoms with Crippen LogP contribution in [0.2, 0.25) is 0 Å². The van der Waals surface area contributed by atoms with Gasteiger partial charge in [0.2, 0.25) is 0 Å². The van der Waals surface area contributed by atoms with Gasteiger partial charge in [0.15, 0.2) is 0 Å². The summed E-state index contributed by atoms with van der Waals surface area (Å²) in [5.74, 6) is 0.683. The minimum absolute atomic E-state index is 0.0222. The van der Waals surface area contributed by atoms with Crippen molar-refractivity contribution in [3.05, 3.63) is 29.8 Å². The van der Waals surface area contributed by atoms with Gasteiger partial charge in [0.25, 0.3) is 0 Å². The van der Waals surface area contributed by atoms with Crippen LogP contribution in [0.25, 0.3) is 0 Å². The standard InChI is InChI=1S/C17H27NO3/c1-6-21-16(19)11-15(17(2,3)4)18-12-13-8-7-9-14(10-13)20-5/h7-10,15,18H,6,11-12H2,1-5H3. The Morgan fingerprint density at radius 3 is 2.62 bits per heavy atom. The number of methoxy groups -OCH3 is 1. The highest BCUT2D eigenvalue weighted by Crippen LogP contribution is 2.23. The van der Waals surface area contributed by atoms with Crippen LogP contribution >= 0.6 is 0 Å². The Morgan fingerprint density at radius 1 is 1.33 bits per heavy atom. The molecule has 1 rings (SSSR count). The number of carbonyl (C=O) groups excluding carboxylic acids is 1. The monoisotopic (exact) mass is 293 g/mol. The van der Waals surface area contributed by atoms with Crippen LogP contribution in [0, 0.1) is 5.41 Å². The quantitative estimate of drug-likeness (QED) is 0.785. The minimum Gasteiger partial charge on any atom is -0.497 e. The van der Waals surface area contributed by atoms with E-state index in [4.69, 9.17) is 9.47 Å². The maximum atomic E-state index is 11.7. The molecule has 0 spiro atoms. The van der Waals surface area contributed by atoms with E-state index < -0.39 is 0 Å². The van der Waals surface area contributed by atoms with Crippen LogP contribution in [-0.2, 0) is 16.1 Å². The molecule has 1 aromatic rings. The smallest absolute Gasteiger partial charge is 0.307 e. The highest BCUT2D eigenvalue weighted by atomic mass is 16.5. The van der Waals surface area contributed by atoms with E-state index in [2.05, 4.69) is 26.1 Å². The summed E-state index contributed by atoms with van der Waals surface area (Å²) in [6.45, 7) is 9.30. The van der Waals surface area contributed by atoms with Crippen molar-refractivity contribution in [1.82, 2.24) is 5.32 Å². The lowest BCUT2D eigenvalue weighted by Crippen LogP contribution is -2.41. The first-order valence-electron chi connectivity index (χ1n) is 7.38. The maximum Gasteiger partial charge on any atom is 0.307 e. The molecule has 21 heavy (non-hydrogen) atoms. The summed E-state index contributed by atoms with van der Waals surface area (Å²) in [5.41, 5.74) is 1.11. The summed E-state index contributed by atoms with van der Waals surface area (Å²) in [7, 11) is 1.66. The fourth-order valence-corrected chi connectivity index (χ4v) is 2.09. The van der Waals surface area contributed by atoms with Crippen molar-refractivity contribution >= 4 is 5.97 Å². The molecule has 0 fully saturated rings. The minimum atomic E-state index is -0.157. The Labute approximate surface area is 127 Å². The van der Waals surface area contributed by atoms with E-state index in [-0.39, 0.29) is 17.4 Å². The van der Waals surface area contributed by atoms with Gasteiger partial charge >= 0.3 is 5.97 Å². The molecule has 1 atom stereocenters. The van der Waals surface area contributed by atoms with E-state index in [0.717, 1.165) is 11.3 Å². The van der Waals surface area contributed by atoms with Crippen molar-refractivity contribution in [3.8, 4) is 5.75 Å². The third-order valence-corrected chi connectivity index (χ3v) is 3.41. The molecule has 0 aliphatic carbocycles. The Kier molecular flexibility index (Phi) is 6.69. The van der Waals surface area contributed by atoms with Gasteiger partial charge in [-0.05, 0) is 30.0 Å². The molecule has 4 heteroatoms. The molecule has 0 saturated heterocycles. The van der Waals surface area contributed by atoms with Gasteiger partial charge in [0.05, 0.1) is 20.1 Å². The van der Waals surface area contributed by atoms with Crippen LogP contribution < -0.4 is 10.1 Å². The first-order valence-corrected chi connectivity index (χ1v) is 7.38. The van der Waals surface area contributed by atoms with Crippen molar-refractivity contribution < 1.29 is 14.3 Å². The molecule has 1 aromatic carbocycles. The highest BCUT2D eigenvalue weighted by Gasteiger charge is 2.27. The molecular weight excluding hydrogens is 266 g/mol. The lowest BCUT2D eigenvalue weighted by molar-refractivity contribution is -0.144. The Hall–Kier alpha value is -1.55. The van der Waals surface area contributed by atoms with Crippen LogP contribution in [0.15, 0.2) is 24.3 Å². The van der Waals surface area contributed by atoms with Crippen molar-refractivity contribution in [2.75, 3.05) is 13.7 Å². The normalized spacial score (nSPS) is 12.8. The van der Waals surface area contributed by atoms with Gasteiger partial charge in [0, 0.05) is 12.6 Å². The SMILES string of the molecule is CCOC(=O)CC(NCc1cccc(OC)c1)C(C)(C)C. The summed E-state index contributed by atoms with van der Waals surface area (Å²) in [5, 5.41) is 3.46.